The van der Waals surface area contributed by atoms with Crippen LogP contribution >= 0.6 is 0 Å². The van der Waals surface area contributed by atoms with Crippen molar-refractivity contribution in [3.05, 3.63) is 35.4 Å². The van der Waals surface area contributed by atoms with Gasteiger partial charge in [-0.05, 0) is 38.3 Å². The molecule has 0 N–H and O–H groups in total. The van der Waals surface area contributed by atoms with E-state index < -0.39 is 6.04 Å². The van der Waals surface area contributed by atoms with Gasteiger partial charge < -0.3 is 14.7 Å². The van der Waals surface area contributed by atoms with E-state index >= 15 is 0 Å². The van der Waals surface area contributed by atoms with Crippen LogP contribution in [0, 0.1) is 12.8 Å². The van der Waals surface area contributed by atoms with Crippen LogP contribution in [-0.2, 0) is 9.59 Å². The Kier molecular flexibility index (Phi) is 5.13. The molecule has 0 aromatic heterocycles. The van der Waals surface area contributed by atoms with Gasteiger partial charge in [0.05, 0.1) is 6.54 Å². The van der Waals surface area contributed by atoms with Gasteiger partial charge in [-0.25, -0.2) is 0 Å². The number of hydrogen-bond acceptors (Lipinski definition) is 3. The Balaban J connectivity index is 1.54. The van der Waals surface area contributed by atoms with Crippen molar-refractivity contribution in [3.8, 4) is 0 Å². The Morgan fingerprint density at radius 2 is 1.86 bits per heavy atom. The summed E-state index contributed by atoms with van der Waals surface area (Å²) in [5, 5.41) is 0. The first kappa shape index (κ1) is 19.0. The average molecular weight is 383 g/mol. The maximum Gasteiger partial charge on any atom is 0.255 e. The lowest BCUT2D eigenvalue weighted by atomic mass is 9.83. The zero-order valence-corrected chi connectivity index (χ0v) is 16.8. The topological polar surface area (TPSA) is 60.9 Å². The first-order valence-corrected chi connectivity index (χ1v) is 10.4. The van der Waals surface area contributed by atoms with Crippen LogP contribution in [0.25, 0.3) is 0 Å². The lowest BCUT2D eigenvalue weighted by Crippen LogP contribution is -2.70. The quantitative estimate of drug-likeness (QED) is 0.802. The van der Waals surface area contributed by atoms with Crippen molar-refractivity contribution in [2.45, 2.75) is 58.2 Å². The van der Waals surface area contributed by atoms with Gasteiger partial charge in [0.1, 0.15) is 12.2 Å². The van der Waals surface area contributed by atoms with Crippen LogP contribution in [0.3, 0.4) is 0 Å². The van der Waals surface area contributed by atoms with E-state index in [4.69, 9.17) is 0 Å². The van der Waals surface area contributed by atoms with Crippen LogP contribution in [0.5, 0.6) is 0 Å². The Morgan fingerprint density at radius 3 is 2.50 bits per heavy atom. The second-order valence-corrected chi connectivity index (χ2v) is 8.44. The van der Waals surface area contributed by atoms with Gasteiger partial charge in [0.2, 0.25) is 11.8 Å². The lowest BCUT2D eigenvalue weighted by molar-refractivity contribution is -0.166. The third-order valence-electron chi connectivity index (χ3n) is 6.60. The average Bonchev–Trinajstić information content (AvgIpc) is 2.64. The van der Waals surface area contributed by atoms with Crippen molar-refractivity contribution < 1.29 is 14.4 Å². The minimum absolute atomic E-state index is 0.00792. The SMILES string of the molecule is Cc1ccc(C(=O)N2CCC(=O)N3C(C)C(=O)N(CCC4CCC4)CC23)cc1. The summed E-state index contributed by atoms with van der Waals surface area (Å²) in [5.41, 5.74) is 1.73. The number of aryl methyl sites for hydroxylation is 1. The predicted molar refractivity (Wildman–Crippen MR) is 105 cm³/mol. The van der Waals surface area contributed by atoms with E-state index in [1.165, 1.54) is 19.3 Å². The van der Waals surface area contributed by atoms with Gasteiger partial charge >= 0.3 is 0 Å². The zero-order valence-electron chi connectivity index (χ0n) is 16.8. The highest BCUT2D eigenvalue weighted by Gasteiger charge is 2.47. The molecule has 28 heavy (non-hydrogen) atoms. The number of fused-ring (bicyclic) bond motifs is 1. The second kappa shape index (κ2) is 7.57. The molecule has 0 radical (unpaired) electrons. The van der Waals surface area contributed by atoms with E-state index in [0.717, 1.165) is 24.4 Å². The van der Waals surface area contributed by atoms with Gasteiger partial charge in [-0.3, -0.25) is 14.4 Å². The first-order valence-electron chi connectivity index (χ1n) is 10.4. The molecule has 6 nitrogen and oxygen atoms in total. The molecule has 1 aromatic carbocycles. The summed E-state index contributed by atoms with van der Waals surface area (Å²) >= 11 is 0. The summed E-state index contributed by atoms with van der Waals surface area (Å²) in [6.45, 7) is 5.33. The van der Waals surface area contributed by atoms with Crippen molar-refractivity contribution in [2.75, 3.05) is 19.6 Å². The first-order chi connectivity index (χ1) is 13.5. The number of carbonyl (C=O) groups is 3. The van der Waals surface area contributed by atoms with Crippen molar-refractivity contribution in [3.63, 3.8) is 0 Å². The molecule has 0 spiro atoms. The highest BCUT2D eigenvalue weighted by Crippen LogP contribution is 2.31. The van der Waals surface area contributed by atoms with Crippen LogP contribution in [-0.4, -0.2) is 64.3 Å². The Hall–Kier alpha value is -2.37. The molecular formula is C22H29N3O3. The number of nitrogens with zero attached hydrogens (tertiary/aromatic N) is 3. The van der Waals surface area contributed by atoms with Crippen molar-refractivity contribution in [1.29, 1.82) is 0 Å². The second-order valence-electron chi connectivity index (χ2n) is 8.44. The molecule has 1 aliphatic carbocycles. The van der Waals surface area contributed by atoms with E-state index in [0.29, 0.717) is 18.7 Å². The third-order valence-corrected chi connectivity index (χ3v) is 6.60. The van der Waals surface area contributed by atoms with Gasteiger partial charge in [-0.2, -0.15) is 0 Å². The molecule has 3 aliphatic rings. The number of piperazine rings is 1. The van der Waals surface area contributed by atoms with Gasteiger partial charge in [0, 0.05) is 25.1 Å². The van der Waals surface area contributed by atoms with Gasteiger partial charge in [0.15, 0.2) is 0 Å². The van der Waals surface area contributed by atoms with Gasteiger partial charge in [-0.1, -0.05) is 37.0 Å². The van der Waals surface area contributed by atoms with Gasteiger partial charge in [-0.15, -0.1) is 0 Å². The van der Waals surface area contributed by atoms with Crippen molar-refractivity contribution in [1.82, 2.24) is 14.7 Å². The zero-order chi connectivity index (χ0) is 19.8. The summed E-state index contributed by atoms with van der Waals surface area (Å²) in [7, 11) is 0. The molecule has 150 valence electrons. The molecule has 3 fully saturated rings. The number of hydrogen-bond donors (Lipinski definition) is 0. The van der Waals surface area contributed by atoms with E-state index in [-0.39, 0.29) is 30.3 Å². The van der Waals surface area contributed by atoms with E-state index in [2.05, 4.69) is 0 Å². The molecule has 2 atom stereocenters. The standard InChI is InChI=1S/C22H29N3O3/c1-15-6-8-18(9-7-15)22(28)24-13-11-20(26)25-16(2)21(27)23(14-19(24)25)12-10-17-4-3-5-17/h6-9,16-17,19H,3-5,10-14H2,1-2H3. The maximum absolute atomic E-state index is 13.2. The number of benzene rings is 1. The molecule has 2 heterocycles. The molecule has 0 bridgehead atoms. The van der Waals surface area contributed by atoms with Crippen molar-refractivity contribution >= 4 is 17.7 Å². The van der Waals surface area contributed by atoms with Crippen LogP contribution < -0.4 is 0 Å². The molecule has 2 aliphatic heterocycles. The highest BCUT2D eigenvalue weighted by molar-refractivity contribution is 5.97. The van der Waals surface area contributed by atoms with E-state index in [1.807, 2.05) is 36.1 Å². The fourth-order valence-electron chi connectivity index (χ4n) is 4.56. The Labute approximate surface area is 166 Å². The normalized spacial score (nSPS) is 25.6. The fraction of sp³-hybridized carbons (Fsp3) is 0.591. The van der Waals surface area contributed by atoms with E-state index in [9.17, 15) is 14.4 Å². The minimum Gasteiger partial charge on any atom is -0.337 e. The summed E-state index contributed by atoms with van der Waals surface area (Å²) in [6.07, 6.45) is 4.72. The Morgan fingerprint density at radius 1 is 1.14 bits per heavy atom. The number of amides is 3. The molecule has 6 heteroatoms. The molecule has 1 aromatic rings. The summed E-state index contributed by atoms with van der Waals surface area (Å²) < 4.78 is 0. The predicted octanol–water partition coefficient (Wildman–Crippen LogP) is 2.42. The van der Waals surface area contributed by atoms with Crippen LogP contribution in [0.15, 0.2) is 24.3 Å². The Bertz CT molecular complexity index is 772. The number of rotatable bonds is 4. The van der Waals surface area contributed by atoms with Crippen LogP contribution in [0.2, 0.25) is 0 Å². The molecular weight excluding hydrogens is 354 g/mol. The van der Waals surface area contributed by atoms with Crippen LogP contribution in [0.4, 0.5) is 0 Å². The van der Waals surface area contributed by atoms with Crippen LogP contribution in [0.1, 0.15) is 54.9 Å². The molecule has 3 amide bonds. The maximum atomic E-state index is 13.2. The largest absolute Gasteiger partial charge is 0.337 e. The van der Waals surface area contributed by atoms with Crippen molar-refractivity contribution in [2.24, 2.45) is 5.92 Å². The van der Waals surface area contributed by atoms with E-state index in [1.54, 1.807) is 16.7 Å². The molecule has 2 unspecified atom stereocenters. The third kappa shape index (κ3) is 3.40. The summed E-state index contributed by atoms with van der Waals surface area (Å²) in [4.78, 5) is 43.9. The molecule has 4 rings (SSSR count). The smallest absolute Gasteiger partial charge is 0.255 e. The minimum atomic E-state index is -0.513. The lowest BCUT2D eigenvalue weighted by Gasteiger charge is -2.51. The monoisotopic (exact) mass is 383 g/mol. The molecule has 1 saturated carbocycles. The summed E-state index contributed by atoms with van der Waals surface area (Å²) in [5.74, 6) is 0.633. The summed E-state index contributed by atoms with van der Waals surface area (Å²) in [6, 6.07) is 7.02. The number of carbonyl (C=O) groups excluding carboxylic acids is 3. The fourth-order valence-corrected chi connectivity index (χ4v) is 4.56. The highest BCUT2D eigenvalue weighted by atomic mass is 16.2. The molecule has 2 saturated heterocycles. The van der Waals surface area contributed by atoms with Gasteiger partial charge in [0.25, 0.3) is 5.91 Å².